The van der Waals surface area contributed by atoms with Crippen LogP contribution in [0, 0.1) is 0 Å². The van der Waals surface area contributed by atoms with E-state index in [-0.39, 0.29) is 13.2 Å². The molecule has 1 aromatic rings. The fourth-order valence-corrected chi connectivity index (χ4v) is 0.779. The summed E-state index contributed by atoms with van der Waals surface area (Å²) in [6.45, 7) is -0.250. The summed E-state index contributed by atoms with van der Waals surface area (Å²) in [5.74, 6) is 0. The van der Waals surface area contributed by atoms with E-state index < -0.39 is 0 Å². The van der Waals surface area contributed by atoms with Crippen LogP contribution in [0.25, 0.3) is 0 Å². The van der Waals surface area contributed by atoms with Crippen molar-refractivity contribution in [2.24, 2.45) is 0 Å². The molecule has 0 fully saturated rings. The molecule has 3 nitrogen and oxygen atoms in total. The number of rotatable bonds is 2. The molecule has 0 saturated carbocycles. The summed E-state index contributed by atoms with van der Waals surface area (Å²) in [5, 5.41) is 15.8. The predicted octanol–water partition coefficient (Wildman–Crippen LogP) is 1.12. The standard InChI is InChI=1S/C7H5ClO.C2H6O2/c8-7-3-1-2-6(4-7)5-9;3-1-2-4/h1-5H;3-4H,1-2H2. The Labute approximate surface area is 81.6 Å². The van der Waals surface area contributed by atoms with Crippen LogP contribution < -0.4 is 0 Å². The van der Waals surface area contributed by atoms with E-state index in [4.69, 9.17) is 21.8 Å². The van der Waals surface area contributed by atoms with Gasteiger partial charge in [0.15, 0.2) is 0 Å². The van der Waals surface area contributed by atoms with Gasteiger partial charge in [-0.1, -0.05) is 23.7 Å². The van der Waals surface area contributed by atoms with Crippen LogP contribution in [0.5, 0.6) is 0 Å². The fraction of sp³-hybridized carbons (Fsp3) is 0.222. The van der Waals surface area contributed by atoms with Crippen LogP contribution in [0.2, 0.25) is 5.02 Å². The Balaban J connectivity index is 0.000000310. The molecule has 0 aliphatic heterocycles. The molecule has 0 amide bonds. The van der Waals surface area contributed by atoms with Gasteiger partial charge in [0, 0.05) is 10.6 Å². The van der Waals surface area contributed by atoms with E-state index in [1.165, 1.54) is 0 Å². The van der Waals surface area contributed by atoms with Crippen LogP contribution in [0.4, 0.5) is 0 Å². The normalized spacial score (nSPS) is 8.54. The molecule has 0 bridgehead atoms. The second-order valence-electron chi connectivity index (χ2n) is 2.12. The lowest BCUT2D eigenvalue weighted by Gasteiger charge is -1.88. The minimum atomic E-state index is -0.125. The van der Waals surface area contributed by atoms with Crippen molar-refractivity contribution in [2.45, 2.75) is 0 Å². The zero-order valence-electron chi connectivity index (χ0n) is 6.98. The summed E-state index contributed by atoms with van der Waals surface area (Å²) >= 11 is 5.56. The summed E-state index contributed by atoms with van der Waals surface area (Å²) in [6, 6.07) is 6.80. The third-order valence-electron chi connectivity index (χ3n) is 1.08. The van der Waals surface area contributed by atoms with Gasteiger partial charge in [0.05, 0.1) is 13.2 Å². The van der Waals surface area contributed by atoms with E-state index in [0.29, 0.717) is 10.6 Å². The van der Waals surface area contributed by atoms with E-state index in [2.05, 4.69) is 0 Å². The van der Waals surface area contributed by atoms with Gasteiger partial charge in [0.2, 0.25) is 0 Å². The van der Waals surface area contributed by atoms with Crippen molar-refractivity contribution in [2.75, 3.05) is 13.2 Å². The lowest BCUT2D eigenvalue weighted by atomic mass is 10.2. The molecule has 0 atom stereocenters. The first kappa shape index (κ1) is 12.1. The van der Waals surface area contributed by atoms with Crippen molar-refractivity contribution < 1.29 is 15.0 Å². The van der Waals surface area contributed by atoms with Crippen LogP contribution in [0.3, 0.4) is 0 Å². The number of hydrogen-bond donors (Lipinski definition) is 2. The lowest BCUT2D eigenvalue weighted by molar-refractivity contribution is 0.112. The molecule has 1 aromatic carbocycles. The highest BCUT2D eigenvalue weighted by Crippen LogP contribution is 2.08. The maximum Gasteiger partial charge on any atom is 0.150 e. The van der Waals surface area contributed by atoms with Crippen LogP contribution in [-0.2, 0) is 0 Å². The quantitative estimate of drug-likeness (QED) is 0.707. The first-order valence-electron chi connectivity index (χ1n) is 3.67. The summed E-state index contributed by atoms with van der Waals surface area (Å²) in [6.07, 6.45) is 0.770. The molecular formula is C9H11ClO3. The highest BCUT2D eigenvalue weighted by molar-refractivity contribution is 6.30. The molecule has 0 aromatic heterocycles. The smallest absolute Gasteiger partial charge is 0.150 e. The van der Waals surface area contributed by atoms with E-state index in [1.54, 1.807) is 24.3 Å². The van der Waals surface area contributed by atoms with E-state index in [0.717, 1.165) is 6.29 Å². The third kappa shape index (κ3) is 6.28. The number of aliphatic hydroxyl groups excluding tert-OH is 2. The number of aliphatic hydroxyl groups is 2. The van der Waals surface area contributed by atoms with Gasteiger partial charge in [-0.05, 0) is 12.1 Å². The molecule has 4 heteroatoms. The van der Waals surface area contributed by atoms with Crippen LogP contribution in [-0.4, -0.2) is 29.7 Å². The zero-order valence-corrected chi connectivity index (χ0v) is 7.74. The lowest BCUT2D eigenvalue weighted by Crippen LogP contribution is -1.85. The molecule has 0 aliphatic rings. The minimum Gasteiger partial charge on any atom is -0.394 e. The maximum atomic E-state index is 10.1. The highest BCUT2D eigenvalue weighted by atomic mass is 35.5. The molecule has 1 rings (SSSR count). The molecule has 0 saturated heterocycles. The number of benzene rings is 1. The van der Waals surface area contributed by atoms with Crippen molar-refractivity contribution in [3.8, 4) is 0 Å². The molecule has 72 valence electrons. The average molecular weight is 203 g/mol. The summed E-state index contributed by atoms with van der Waals surface area (Å²) < 4.78 is 0. The van der Waals surface area contributed by atoms with Gasteiger partial charge in [0.25, 0.3) is 0 Å². The molecule has 13 heavy (non-hydrogen) atoms. The topological polar surface area (TPSA) is 57.5 Å². The largest absolute Gasteiger partial charge is 0.394 e. The van der Waals surface area contributed by atoms with E-state index in [1.807, 2.05) is 0 Å². The second kappa shape index (κ2) is 7.73. The summed E-state index contributed by atoms with van der Waals surface area (Å²) in [7, 11) is 0. The molecular weight excluding hydrogens is 192 g/mol. The Hall–Kier alpha value is -0.900. The Morgan fingerprint density at radius 3 is 2.23 bits per heavy atom. The molecule has 0 aliphatic carbocycles. The van der Waals surface area contributed by atoms with Crippen molar-refractivity contribution in [1.29, 1.82) is 0 Å². The summed E-state index contributed by atoms with van der Waals surface area (Å²) in [4.78, 5) is 10.1. The van der Waals surface area contributed by atoms with Crippen LogP contribution >= 0.6 is 11.6 Å². The molecule has 0 radical (unpaired) electrons. The summed E-state index contributed by atoms with van der Waals surface area (Å²) in [5.41, 5.74) is 0.613. The van der Waals surface area contributed by atoms with Gasteiger partial charge in [-0.3, -0.25) is 4.79 Å². The monoisotopic (exact) mass is 202 g/mol. The van der Waals surface area contributed by atoms with Crippen molar-refractivity contribution in [3.63, 3.8) is 0 Å². The maximum absolute atomic E-state index is 10.1. The number of aldehydes is 1. The Bertz CT molecular complexity index is 248. The van der Waals surface area contributed by atoms with E-state index in [9.17, 15) is 4.79 Å². The number of halogens is 1. The fourth-order valence-electron chi connectivity index (χ4n) is 0.580. The number of carbonyl (C=O) groups excluding carboxylic acids is 1. The number of hydrogen-bond acceptors (Lipinski definition) is 3. The molecule has 0 heterocycles. The first-order chi connectivity index (χ1) is 6.24. The molecule has 2 N–H and O–H groups in total. The first-order valence-corrected chi connectivity index (χ1v) is 4.05. The van der Waals surface area contributed by atoms with Gasteiger partial charge in [-0.2, -0.15) is 0 Å². The van der Waals surface area contributed by atoms with Gasteiger partial charge in [-0.15, -0.1) is 0 Å². The molecule has 0 spiro atoms. The Morgan fingerprint density at radius 1 is 1.31 bits per heavy atom. The predicted molar refractivity (Wildman–Crippen MR) is 51.0 cm³/mol. The Morgan fingerprint density at radius 2 is 1.92 bits per heavy atom. The highest BCUT2D eigenvalue weighted by Gasteiger charge is 1.87. The van der Waals surface area contributed by atoms with Crippen LogP contribution in [0.15, 0.2) is 24.3 Å². The molecule has 0 unspecified atom stereocenters. The van der Waals surface area contributed by atoms with Crippen LogP contribution in [0.1, 0.15) is 10.4 Å². The van der Waals surface area contributed by atoms with Gasteiger partial charge in [0.1, 0.15) is 6.29 Å². The van der Waals surface area contributed by atoms with Gasteiger partial charge < -0.3 is 10.2 Å². The van der Waals surface area contributed by atoms with Gasteiger partial charge >= 0.3 is 0 Å². The van der Waals surface area contributed by atoms with Crippen molar-refractivity contribution in [3.05, 3.63) is 34.9 Å². The van der Waals surface area contributed by atoms with Gasteiger partial charge in [-0.25, -0.2) is 0 Å². The van der Waals surface area contributed by atoms with Crippen molar-refractivity contribution in [1.82, 2.24) is 0 Å². The SMILES string of the molecule is O=Cc1cccc(Cl)c1.OCCO. The third-order valence-corrected chi connectivity index (χ3v) is 1.32. The minimum absolute atomic E-state index is 0.125. The Kier molecular flexibility index (Phi) is 7.20. The van der Waals surface area contributed by atoms with Crippen molar-refractivity contribution >= 4 is 17.9 Å². The zero-order chi connectivity index (χ0) is 10.1. The number of carbonyl (C=O) groups is 1. The average Bonchev–Trinajstić information content (AvgIpc) is 2.18. The van der Waals surface area contributed by atoms with E-state index >= 15 is 0 Å². The second-order valence-corrected chi connectivity index (χ2v) is 2.56.